The second-order valence-electron chi connectivity index (χ2n) is 15.0. The molecule has 1 unspecified atom stereocenters. The Bertz CT molecular complexity index is 2240. The molecule has 0 aliphatic carbocycles. The number of methoxy groups -OCH3 is 4. The van der Waals surface area contributed by atoms with Gasteiger partial charge in [-0.1, -0.05) is 24.3 Å². The van der Waals surface area contributed by atoms with Crippen molar-refractivity contribution in [3.05, 3.63) is 102 Å². The Morgan fingerprint density at radius 3 is 2.17 bits per heavy atom. The Kier molecular flexibility index (Phi) is 12.3. The first-order valence-corrected chi connectivity index (χ1v) is 19.7. The highest BCUT2D eigenvalue weighted by molar-refractivity contribution is 5.98. The number of carbonyl (C=O) groups excluding carboxylic acids is 3. The molecule has 58 heavy (non-hydrogen) atoms. The Morgan fingerprint density at radius 1 is 0.793 bits per heavy atom. The highest BCUT2D eigenvalue weighted by Gasteiger charge is 2.43. The number of carbonyl (C=O) groups is 3. The van der Waals surface area contributed by atoms with Crippen molar-refractivity contribution in [2.75, 3.05) is 61.2 Å². The molecule has 0 N–H and O–H groups in total. The van der Waals surface area contributed by atoms with Crippen LogP contribution in [-0.4, -0.2) is 103 Å². The lowest BCUT2D eigenvalue weighted by molar-refractivity contribution is -0.132. The number of aryl methyl sites for hydroxylation is 2. The number of rotatable bonds is 15. The Hall–Kier alpha value is -5.95. The van der Waals surface area contributed by atoms with Crippen LogP contribution < -0.4 is 23.7 Å². The summed E-state index contributed by atoms with van der Waals surface area (Å²) in [6.07, 6.45) is 5.50. The van der Waals surface area contributed by atoms with Crippen LogP contribution in [0.5, 0.6) is 28.7 Å². The van der Waals surface area contributed by atoms with Gasteiger partial charge in [-0.3, -0.25) is 19.4 Å². The van der Waals surface area contributed by atoms with Crippen molar-refractivity contribution in [1.29, 1.82) is 0 Å². The third-order valence-corrected chi connectivity index (χ3v) is 11.6. The number of aromatic nitrogens is 3. The summed E-state index contributed by atoms with van der Waals surface area (Å²) < 4.78 is 29.7. The van der Waals surface area contributed by atoms with Gasteiger partial charge in [0.15, 0.2) is 28.8 Å². The standard InChI is InChI=1S/C45H51N5O8/c1-30(51)58-42-39(56-4)26-32(27-40(42)57-5)44(53)49-25-19-45(29-49,33-13-14-37(54-2)38(28-33)55-3)18-24-48-21-15-31(16-22-48)41(52)43-47-35-11-6-7-12-36(35)50(43)23-17-34-10-8-9-20-46-34/h6-14,20,26-28,31H,15-19,21-25,29H2,1-5H3. The van der Waals surface area contributed by atoms with Gasteiger partial charge in [-0.15, -0.1) is 0 Å². The molecule has 1 atom stereocenters. The monoisotopic (exact) mass is 789 g/mol. The predicted molar refractivity (Wildman–Crippen MR) is 218 cm³/mol. The average Bonchev–Trinajstić information content (AvgIpc) is 3.87. The zero-order valence-electron chi connectivity index (χ0n) is 33.9. The van der Waals surface area contributed by atoms with E-state index in [4.69, 9.17) is 28.7 Å². The van der Waals surface area contributed by atoms with Crippen molar-refractivity contribution < 1.29 is 38.1 Å². The van der Waals surface area contributed by atoms with Gasteiger partial charge in [0.2, 0.25) is 11.5 Å². The first-order valence-electron chi connectivity index (χ1n) is 19.7. The number of ether oxygens (including phenoxy) is 5. The fraction of sp³-hybridized carbons (Fsp3) is 0.400. The van der Waals surface area contributed by atoms with Crippen LogP contribution >= 0.6 is 0 Å². The van der Waals surface area contributed by atoms with E-state index in [0.29, 0.717) is 48.9 Å². The minimum Gasteiger partial charge on any atom is -0.493 e. The van der Waals surface area contributed by atoms with Crippen LogP contribution in [0, 0.1) is 5.92 Å². The minimum atomic E-state index is -0.529. The van der Waals surface area contributed by atoms with E-state index in [1.54, 1.807) is 32.5 Å². The predicted octanol–water partition coefficient (Wildman–Crippen LogP) is 6.40. The van der Waals surface area contributed by atoms with Gasteiger partial charge in [-0.2, -0.15) is 0 Å². The number of para-hydroxylation sites is 2. The van der Waals surface area contributed by atoms with Crippen LogP contribution in [0.25, 0.3) is 11.0 Å². The molecule has 2 aromatic heterocycles. The number of esters is 1. The molecule has 0 spiro atoms. The van der Waals surface area contributed by atoms with Crippen molar-refractivity contribution >= 4 is 28.7 Å². The first-order chi connectivity index (χ1) is 28.2. The summed E-state index contributed by atoms with van der Waals surface area (Å²) >= 11 is 0. The molecule has 2 aliphatic heterocycles. The molecule has 304 valence electrons. The third-order valence-electron chi connectivity index (χ3n) is 11.6. The third kappa shape index (κ3) is 8.36. The molecule has 2 aliphatic rings. The molecule has 3 aromatic carbocycles. The zero-order chi connectivity index (χ0) is 40.8. The molecule has 0 saturated carbocycles. The molecule has 13 heteroatoms. The van der Waals surface area contributed by atoms with Crippen molar-refractivity contribution in [2.24, 2.45) is 5.92 Å². The van der Waals surface area contributed by atoms with E-state index in [9.17, 15) is 14.4 Å². The molecule has 2 saturated heterocycles. The van der Waals surface area contributed by atoms with Crippen LogP contribution in [0.15, 0.2) is 79.0 Å². The summed E-state index contributed by atoms with van der Waals surface area (Å²) in [5.74, 6) is 1.63. The van der Waals surface area contributed by atoms with E-state index >= 15 is 0 Å². The number of hydrogen-bond donors (Lipinski definition) is 0. The van der Waals surface area contributed by atoms with Crippen molar-refractivity contribution in [1.82, 2.24) is 24.3 Å². The molecule has 13 nitrogen and oxygen atoms in total. The second kappa shape index (κ2) is 17.7. The van der Waals surface area contributed by atoms with Gasteiger partial charge in [0.25, 0.3) is 5.91 Å². The summed E-state index contributed by atoms with van der Waals surface area (Å²) in [4.78, 5) is 53.8. The van der Waals surface area contributed by atoms with Gasteiger partial charge in [-0.25, -0.2) is 4.98 Å². The van der Waals surface area contributed by atoms with E-state index in [2.05, 4.69) is 20.5 Å². The van der Waals surface area contributed by atoms with Crippen LogP contribution in [0.4, 0.5) is 0 Å². The Balaban J connectivity index is 1.07. The van der Waals surface area contributed by atoms with Crippen molar-refractivity contribution in [2.45, 2.75) is 51.0 Å². The molecule has 5 aromatic rings. The van der Waals surface area contributed by atoms with Gasteiger partial charge in [0.1, 0.15) is 0 Å². The molecule has 0 radical (unpaired) electrons. The van der Waals surface area contributed by atoms with Crippen LogP contribution in [-0.2, 0) is 23.2 Å². The normalized spacial score (nSPS) is 17.3. The maximum atomic E-state index is 14.2. The lowest BCUT2D eigenvalue weighted by Crippen LogP contribution is -2.41. The van der Waals surface area contributed by atoms with Crippen LogP contribution in [0.1, 0.15) is 64.8 Å². The molecule has 0 bridgehead atoms. The van der Waals surface area contributed by atoms with Crippen molar-refractivity contribution in [3.63, 3.8) is 0 Å². The highest BCUT2D eigenvalue weighted by atomic mass is 16.6. The SMILES string of the molecule is COc1ccc(C2(CCN3CCC(C(=O)c4nc5ccccc5n4CCc4ccccn4)CC3)CCN(C(=O)c3cc(OC)c(OC(C)=O)c(OC)c3)C2)cc1OC. The number of fused-ring (bicyclic) bond motifs is 1. The summed E-state index contributed by atoms with van der Waals surface area (Å²) in [7, 11) is 6.15. The summed E-state index contributed by atoms with van der Waals surface area (Å²) in [5, 5.41) is 0. The number of benzene rings is 3. The molecule has 2 fully saturated rings. The maximum absolute atomic E-state index is 14.2. The van der Waals surface area contributed by atoms with E-state index in [1.807, 2.05) is 59.5 Å². The second-order valence-corrected chi connectivity index (χ2v) is 15.0. The lowest BCUT2D eigenvalue weighted by atomic mass is 9.76. The number of Topliss-reactive ketones (excluding diaryl/α,β-unsaturated/α-hetero) is 1. The molecular weight excluding hydrogens is 739 g/mol. The maximum Gasteiger partial charge on any atom is 0.308 e. The van der Waals surface area contributed by atoms with E-state index in [-0.39, 0.29) is 40.3 Å². The largest absolute Gasteiger partial charge is 0.493 e. The lowest BCUT2D eigenvalue weighted by Gasteiger charge is -2.36. The zero-order valence-corrected chi connectivity index (χ0v) is 33.9. The Labute approximate surface area is 338 Å². The molecule has 7 rings (SSSR count). The first kappa shape index (κ1) is 40.3. The number of pyridine rings is 1. The van der Waals surface area contributed by atoms with Gasteiger partial charge in [0.05, 0.1) is 39.5 Å². The smallest absolute Gasteiger partial charge is 0.308 e. The number of imidazole rings is 1. The minimum absolute atomic E-state index is 0.0952. The number of hydrogen-bond acceptors (Lipinski definition) is 11. The van der Waals surface area contributed by atoms with Crippen LogP contribution in [0.3, 0.4) is 0 Å². The van der Waals surface area contributed by atoms with Crippen LogP contribution in [0.2, 0.25) is 0 Å². The van der Waals surface area contributed by atoms with E-state index in [1.165, 1.54) is 21.1 Å². The molecular formula is C45H51N5O8. The van der Waals surface area contributed by atoms with Gasteiger partial charge in [0, 0.05) is 61.8 Å². The summed E-state index contributed by atoms with van der Waals surface area (Å²) in [5.41, 5.74) is 3.81. The number of likely N-dealkylation sites (tertiary alicyclic amines) is 2. The molecule has 4 heterocycles. The van der Waals surface area contributed by atoms with Crippen molar-refractivity contribution in [3.8, 4) is 28.7 Å². The molecule has 1 amide bonds. The number of piperidine rings is 1. The highest BCUT2D eigenvalue weighted by Crippen LogP contribution is 2.44. The van der Waals surface area contributed by atoms with E-state index in [0.717, 1.165) is 67.6 Å². The van der Waals surface area contributed by atoms with Gasteiger partial charge in [-0.05, 0) is 99.4 Å². The fourth-order valence-electron chi connectivity index (χ4n) is 8.46. The number of ketones is 1. The quantitative estimate of drug-likeness (QED) is 0.0663. The number of nitrogens with zero attached hydrogens (tertiary/aromatic N) is 5. The van der Waals surface area contributed by atoms with Gasteiger partial charge >= 0.3 is 5.97 Å². The number of amides is 1. The van der Waals surface area contributed by atoms with E-state index < -0.39 is 5.97 Å². The fourth-order valence-corrected chi connectivity index (χ4v) is 8.46. The summed E-state index contributed by atoms with van der Waals surface area (Å²) in [6, 6.07) is 23.0. The topological polar surface area (TPSA) is 135 Å². The Morgan fingerprint density at radius 2 is 1.50 bits per heavy atom. The summed E-state index contributed by atoms with van der Waals surface area (Å²) in [6.45, 7) is 5.27. The average molecular weight is 790 g/mol. The van der Waals surface area contributed by atoms with Gasteiger partial charge < -0.3 is 38.1 Å².